The lowest BCUT2D eigenvalue weighted by Crippen LogP contribution is -2.39. The molecule has 0 saturated heterocycles. The molecule has 1 aromatic carbocycles. The highest BCUT2D eigenvalue weighted by Crippen LogP contribution is 2.28. The van der Waals surface area contributed by atoms with Crippen LogP contribution in [0.25, 0.3) is 0 Å². The van der Waals surface area contributed by atoms with E-state index in [1.807, 2.05) is 0 Å². The van der Waals surface area contributed by atoms with Crippen LogP contribution in [0.4, 0.5) is 0 Å². The third kappa shape index (κ3) is 3.87. The van der Waals surface area contributed by atoms with E-state index in [4.69, 9.17) is 14.6 Å². The average Bonchev–Trinajstić information content (AvgIpc) is 2.38. The summed E-state index contributed by atoms with van der Waals surface area (Å²) in [5.41, 5.74) is 0.586. The monoisotopic (exact) mass is 267 g/mol. The molecule has 0 heterocycles. The van der Waals surface area contributed by atoms with Crippen molar-refractivity contribution in [3.63, 3.8) is 0 Å². The van der Waals surface area contributed by atoms with E-state index in [0.717, 1.165) is 0 Å². The first-order valence-electron chi connectivity index (χ1n) is 5.71. The molecule has 0 spiro atoms. The van der Waals surface area contributed by atoms with Crippen molar-refractivity contribution in [3.05, 3.63) is 23.8 Å². The molecule has 0 fully saturated rings. The molecular weight excluding hydrogens is 250 g/mol. The Morgan fingerprint density at radius 1 is 1.26 bits per heavy atom. The second-order valence-electron chi connectivity index (χ2n) is 3.95. The van der Waals surface area contributed by atoms with Gasteiger partial charge in [0.15, 0.2) is 0 Å². The number of hydrogen-bond donors (Lipinski definition) is 2. The third-order valence-corrected chi connectivity index (χ3v) is 2.62. The molecule has 0 radical (unpaired) electrons. The van der Waals surface area contributed by atoms with Gasteiger partial charge in [-0.05, 0) is 19.1 Å². The molecule has 0 saturated carbocycles. The first kappa shape index (κ1) is 14.8. The van der Waals surface area contributed by atoms with Crippen LogP contribution in [-0.4, -0.2) is 37.2 Å². The molecule has 0 aliphatic heterocycles. The van der Waals surface area contributed by atoms with Crippen LogP contribution in [0.3, 0.4) is 0 Å². The van der Waals surface area contributed by atoms with Gasteiger partial charge >= 0.3 is 5.97 Å². The van der Waals surface area contributed by atoms with E-state index < -0.39 is 17.9 Å². The minimum atomic E-state index is -1.08. The average molecular weight is 267 g/mol. The number of benzene rings is 1. The summed E-state index contributed by atoms with van der Waals surface area (Å²) < 4.78 is 10.3. The largest absolute Gasteiger partial charge is 0.496 e. The molecule has 1 amide bonds. The highest BCUT2D eigenvalue weighted by molar-refractivity contribution is 5.85. The maximum Gasteiger partial charge on any atom is 0.325 e. The lowest BCUT2D eigenvalue weighted by Gasteiger charge is -2.14. The second-order valence-corrected chi connectivity index (χ2v) is 3.95. The smallest absolute Gasteiger partial charge is 0.325 e. The molecule has 6 nitrogen and oxygen atoms in total. The van der Waals surface area contributed by atoms with Gasteiger partial charge in [-0.2, -0.15) is 0 Å². The molecule has 0 unspecified atom stereocenters. The Morgan fingerprint density at radius 2 is 1.79 bits per heavy atom. The van der Waals surface area contributed by atoms with Crippen LogP contribution < -0.4 is 14.8 Å². The summed E-state index contributed by atoms with van der Waals surface area (Å²) >= 11 is 0. The number of aliphatic carboxylic acids is 1. The van der Waals surface area contributed by atoms with Gasteiger partial charge in [0, 0.05) is 5.56 Å². The SMILES string of the molecule is COc1cccc(OC)c1CC(=O)N[C@H](C)C(=O)O. The molecule has 1 aromatic rings. The van der Waals surface area contributed by atoms with E-state index in [9.17, 15) is 9.59 Å². The standard InChI is InChI=1S/C13H17NO5/c1-8(13(16)17)14-12(15)7-9-10(18-2)5-4-6-11(9)19-3/h4-6,8H,7H2,1-3H3,(H,14,15)(H,16,17)/t8-/m1/s1. The zero-order chi connectivity index (χ0) is 14.4. The lowest BCUT2D eigenvalue weighted by atomic mass is 10.1. The number of ether oxygens (including phenoxy) is 2. The molecule has 104 valence electrons. The number of hydrogen-bond acceptors (Lipinski definition) is 4. The van der Waals surface area contributed by atoms with Gasteiger partial charge in [-0.25, -0.2) is 0 Å². The predicted octanol–water partition coefficient (Wildman–Crippen LogP) is 0.836. The molecule has 1 atom stereocenters. The van der Waals surface area contributed by atoms with Crippen molar-refractivity contribution in [1.82, 2.24) is 5.32 Å². The lowest BCUT2D eigenvalue weighted by molar-refractivity contribution is -0.141. The normalized spacial score (nSPS) is 11.5. The van der Waals surface area contributed by atoms with Crippen molar-refractivity contribution in [1.29, 1.82) is 0 Å². The van der Waals surface area contributed by atoms with E-state index in [1.165, 1.54) is 21.1 Å². The first-order valence-corrected chi connectivity index (χ1v) is 5.71. The van der Waals surface area contributed by atoms with Crippen LogP contribution in [0.1, 0.15) is 12.5 Å². The predicted molar refractivity (Wildman–Crippen MR) is 68.5 cm³/mol. The van der Waals surface area contributed by atoms with E-state index in [-0.39, 0.29) is 6.42 Å². The van der Waals surface area contributed by atoms with Crippen molar-refractivity contribution in [2.75, 3.05) is 14.2 Å². The molecular formula is C13H17NO5. The van der Waals surface area contributed by atoms with Crippen LogP contribution in [-0.2, 0) is 16.0 Å². The van der Waals surface area contributed by atoms with Gasteiger partial charge in [0.05, 0.1) is 20.6 Å². The summed E-state index contributed by atoms with van der Waals surface area (Å²) in [4.78, 5) is 22.4. The summed E-state index contributed by atoms with van der Waals surface area (Å²) in [7, 11) is 2.99. The summed E-state index contributed by atoms with van der Waals surface area (Å²) in [5, 5.41) is 11.1. The topological polar surface area (TPSA) is 84.9 Å². The quantitative estimate of drug-likeness (QED) is 0.797. The third-order valence-electron chi connectivity index (χ3n) is 2.62. The Hall–Kier alpha value is -2.24. The number of methoxy groups -OCH3 is 2. The maximum atomic E-state index is 11.8. The minimum Gasteiger partial charge on any atom is -0.496 e. The van der Waals surface area contributed by atoms with E-state index in [0.29, 0.717) is 17.1 Å². The van der Waals surface area contributed by atoms with Crippen molar-refractivity contribution in [2.45, 2.75) is 19.4 Å². The zero-order valence-corrected chi connectivity index (χ0v) is 11.1. The van der Waals surface area contributed by atoms with Gasteiger partial charge in [-0.3, -0.25) is 9.59 Å². The Balaban J connectivity index is 2.86. The van der Waals surface area contributed by atoms with Crippen LogP contribution in [0.15, 0.2) is 18.2 Å². The Bertz CT molecular complexity index is 450. The maximum absolute atomic E-state index is 11.8. The van der Waals surface area contributed by atoms with Gasteiger partial charge in [-0.15, -0.1) is 0 Å². The molecule has 6 heteroatoms. The summed E-state index contributed by atoms with van der Waals surface area (Å²) in [6, 6.07) is 4.24. The summed E-state index contributed by atoms with van der Waals surface area (Å²) in [6.07, 6.45) is -0.00912. The molecule has 0 bridgehead atoms. The van der Waals surface area contributed by atoms with Crippen molar-refractivity contribution < 1.29 is 24.2 Å². The first-order chi connectivity index (χ1) is 8.99. The van der Waals surface area contributed by atoms with E-state index in [2.05, 4.69) is 5.32 Å². The number of carbonyl (C=O) groups is 2. The fourth-order valence-corrected chi connectivity index (χ4v) is 1.62. The fraction of sp³-hybridized carbons (Fsp3) is 0.385. The van der Waals surface area contributed by atoms with Crippen LogP contribution in [0.5, 0.6) is 11.5 Å². The Kier molecular flexibility index (Phi) is 5.17. The Morgan fingerprint density at radius 3 is 2.21 bits per heavy atom. The summed E-state index contributed by atoms with van der Waals surface area (Å²) in [5.74, 6) is -0.437. The molecule has 0 aromatic heterocycles. The van der Waals surface area contributed by atoms with E-state index >= 15 is 0 Å². The molecule has 2 N–H and O–H groups in total. The van der Waals surface area contributed by atoms with Crippen LogP contribution in [0, 0.1) is 0 Å². The summed E-state index contributed by atoms with van der Waals surface area (Å²) in [6.45, 7) is 1.40. The highest BCUT2D eigenvalue weighted by atomic mass is 16.5. The van der Waals surface area contributed by atoms with Crippen molar-refractivity contribution >= 4 is 11.9 Å². The second kappa shape index (κ2) is 6.63. The van der Waals surface area contributed by atoms with Crippen LogP contribution >= 0.6 is 0 Å². The Labute approximate surface area is 111 Å². The van der Waals surface area contributed by atoms with Crippen molar-refractivity contribution in [3.8, 4) is 11.5 Å². The molecule has 0 aliphatic carbocycles. The zero-order valence-electron chi connectivity index (χ0n) is 11.1. The fourth-order valence-electron chi connectivity index (χ4n) is 1.62. The number of nitrogens with one attached hydrogen (secondary N) is 1. The number of carboxylic acids is 1. The van der Waals surface area contributed by atoms with Crippen LogP contribution in [0.2, 0.25) is 0 Å². The molecule has 0 aliphatic rings. The van der Waals surface area contributed by atoms with Gasteiger partial charge < -0.3 is 19.9 Å². The number of carbonyl (C=O) groups excluding carboxylic acids is 1. The van der Waals surface area contributed by atoms with E-state index in [1.54, 1.807) is 18.2 Å². The number of rotatable bonds is 6. The van der Waals surface area contributed by atoms with Crippen molar-refractivity contribution in [2.24, 2.45) is 0 Å². The molecule has 1 rings (SSSR count). The number of carboxylic acid groups (broad SMARTS) is 1. The van der Waals surface area contributed by atoms with Gasteiger partial charge in [0.1, 0.15) is 17.5 Å². The number of amides is 1. The highest BCUT2D eigenvalue weighted by Gasteiger charge is 2.18. The van der Waals surface area contributed by atoms with Gasteiger partial charge in [0.2, 0.25) is 5.91 Å². The van der Waals surface area contributed by atoms with Gasteiger partial charge in [-0.1, -0.05) is 6.07 Å². The molecule has 19 heavy (non-hydrogen) atoms. The minimum absolute atomic E-state index is 0.00912. The van der Waals surface area contributed by atoms with Gasteiger partial charge in [0.25, 0.3) is 0 Å².